The van der Waals surface area contributed by atoms with E-state index < -0.39 is 40.2 Å². The maximum absolute atomic E-state index is 14.7. The molecule has 0 spiro atoms. The molecule has 0 radical (unpaired) electrons. The first-order valence-electron chi connectivity index (χ1n) is 13.4. The monoisotopic (exact) mass is 583 g/mol. The number of amides is 2. The van der Waals surface area contributed by atoms with Crippen molar-refractivity contribution < 1.29 is 27.1 Å². The summed E-state index contributed by atoms with van der Waals surface area (Å²) in [7, 11) is -2.85. The number of hydrogen-bond acceptors (Lipinski definition) is 5. The van der Waals surface area contributed by atoms with Gasteiger partial charge in [0.1, 0.15) is 24.2 Å². The van der Waals surface area contributed by atoms with Crippen LogP contribution in [0.2, 0.25) is 0 Å². The average Bonchev–Trinajstić information content (AvgIpc) is 2.93. The minimum absolute atomic E-state index is 0.0113. The van der Waals surface area contributed by atoms with E-state index in [1.807, 2.05) is 20.8 Å². The number of hydrogen-bond donors (Lipinski definition) is 1. The first-order chi connectivity index (χ1) is 19.3. The predicted molar refractivity (Wildman–Crippen MR) is 158 cm³/mol. The van der Waals surface area contributed by atoms with Gasteiger partial charge in [-0.1, -0.05) is 55.8 Å². The summed E-state index contributed by atoms with van der Waals surface area (Å²) in [5.74, 6) is -1.22. The van der Waals surface area contributed by atoms with E-state index >= 15 is 0 Å². The van der Waals surface area contributed by atoms with Gasteiger partial charge in [-0.25, -0.2) is 12.8 Å². The molecule has 0 aliphatic rings. The molecule has 220 valence electrons. The molecule has 0 saturated heterocycles. The van der Waals surface area contributed by atoms with E-state index in [2.05, 4.69) is 5.32 Å². The molecule has 0 aromatic heterocycles. The lowest BCUT2D eigenvalue weighted by molar-refractivity contribution is -0.139. The molecule has 0 heterocycles. The van der Waals surface area contributed by atoms with Gasteiger partial charge in [-0.15, -0.1) is 0 Å². The lowest BCUT2D eigenvalue weighted by Crippen LogP contribution is -2.51. The fourth-order valence-electron chi connectivity index (χ4n) is 4.19. The van der Waals surface area contributed by atoms with E-state index in [0.29, 0.717) is 6.54 Å². The van der Waals surface area contributed by atoms with Gasteiger partial charge < -0.3 is 15.0 Å². The van der Waals surface area contributed by atoms with Crippen LogP contribution in [0.3, 0.4) is 0 Å². The number of rotatable bonds is 12. The third kappa shape index (κ3) is 7.85. The molecule has 1 atom stereocenters. The lowest BCUT2D eigenvalue weighted by Gasteiger charge is -2.32. The Hall–Kier alpha value is -3.92. The van der Waals surface area contributed by atoms with Gasteiger partial charge in [0.05, 0.1) is 17.7 Å². The number of nitrogens with zero attached hydrogens (tertiary/aromatic N) is 2. The number of nitrogens with one attached hydrogen (secondary N) is 1. The van der Waals surface area contributed by atoms with Gasteiger partial charge in [-0.05, 0) is 62.6 Å². The van der Waals surface area contributed by atoms with Crippen molar-refractivity contribution in [1.29, 1.82) is 0 Å². The summed E-state index contributed by atoms with van der Waals surface area (Å²) in [4.78, 5) is 28.3. The van der Waals surface area contributed by atoms with Crippen LogP contribution in [0.15, 0.2) is 71.6 Å². The Kier molecular flexibility index (Phi) is 10.5. The largest absolute Gasteiger partial charge is 0.495 e. The molecule has 41 heavy (non-hydrogen) atoms. The van der Waals surface area contributed by atoms with Crippen LogP contribution >= 0.6 is 0 Å². The van der Waals surface area contributed by atoms with Gasteiger partial charge in [-0.2, -0.15) is 0 Å². The van der Waals surface area contributed by atoms with Crippen molar-refractivity contribution in [2.75, 3.05) is 24.5 Å². The second-order valence-electron chi connectivity index (χ2n) is 10.4. The molecule has 0 aliphatic heterocycles. The molecule has 0 bridgehead atoms. The molecule has 3 aromatic carbocycles. The average molecular weight is 584 g/mol. The standard InChI is InChI=1S/C31H38FN3O5S/c1-21(2)18-33-31(37)24(5)34(19-25-9-7-8-10-27(25)32)30(36)20-35(28-17-23(4)13-16-29(28)40-6)41(38,39)26-14-11-22(3)12-15-26/h7-17,21,24H,18-20H2,1-6H3,(H,33,37)/t24-/m0/s1. The normalized spacial score (nSPS) is 12.1. The van der Waals surface area contributed by atoms with Crippen molar-refractivity contribution in [1.82, 2.24) is 10.2 Å². The number of sulfonamides is 1. The fourth-order valence-corrected chi connectivity index (χ4v) is 5.61. The molecule has 3 rings (SSSR count). The summed E-state index contributed by atoms with van der Waals surface area (Å²) in [6, 6.07) is 16.3. The van der Waals surface area contributed by atoms with E-state index in [0.717, 1.165) is 15.4 Å². The molecule has 2 amide bonds. The second kappa shape index (κ2) is 13.6. The van der Waals surface area contributed by atoms with Gasteiger partial charge in [0.2, 0.25) is 11.8 Å². The summed E-state index contributed by atoms with van der Waals surface area (Å²) in [5, 5.41) is 2.81. The molecule has 0 fully saturated rings. The summed E-state index contributed by atoms with van der Waals surface area (Å²) in [6.07, 6.45) is 0. The van der Waals surface area contributed by atoms with E-state index in [1.165, 1.54) is 42.3 Å². The van der Waals surface area contributed by atoms with Crippen LogP contribution in [-0.4, -0.2) is 51.4 Å². The molecular weight excluding hydrogens is 545 g/mol. The van der Waals surface area contributed by atoms with Gasteiger partial charge in [0.25, 0.3) is 10.0 Å². The van der Waals surface area contributed by atoms with Crippen molar-refractivity contribution in [3.63, 3.8) is 0 Å². The highest BCUT2D eigenvalue weighted by Gasteiger charge is 2.34. The second-order valence-corrected chi connectivity index (χ2v) is 12.3. The van der Waals surface area contributed by atoms with Crippen molar-refractivity contribution in [2.45, 2.75) is 52.1 Å². The Bertz CT molecular complexity index is 1480. The maximum Gasteiger partial charge on any atom is 0.264 e. The number of halogens is 1. The van der Waals surface area contributed by atoms with Crippen molar-refractivity contribution >= 4 is 27.5 Å². The molecule has 0 saturated carbocycles. The summed E-state index contributed by atoms with van der Waals surface area (Å²) in [6.45, 7) is 8.57. The highest BCUT2D eigenvalue weighted by molar-refractivity contribution is 7.92. The molecular formula is C31H38FN3O5S. The van der Waals surface area contributed by atoms with Crippen LogP contribution in [-0.2, 0) is 26.2 Å². The number of methoxy groups -OCH3 is 1. The van der Waals surface area contributed by atoms with Crippen LogP contribution in [0.1, 0.15) is 37.5 Å². The summed E-state index contributed by atoms with van der Waals surface area (Å²) >= 11 is 0. The molecule has 8 nitrogen and oxygen atoms in total. The van der Waals surface area contributed by atoms with Gasteiger partial charge in [0.15, 0.2) is 0 Å². The number of carbonyl (C=O) groups is 2. The zero-order valence-corrected chi connectivity index (χ0v) is 25.2. The molecule has 1 N–H and O–H groups in total. The van der Waals surface area contributed by atoms with E-state index in [-0.39, 0.29) is 34.4 Å². The fraction of sp³-hybridized carbons (Fsp3) is 0.355. The van der Waals surface area contributed by atoms with Crippen LogP contribution in [0.25, 0.3) is 0 Å². The van der Waals surface area contributed by atoms with Gasteiger partial charge in [-0.3, -0.25) is 13.9 Å². The zero-order valence-electron chi connectivity index (χ0n) is 24.3. The number of anilines is 1. The molecule has 0 unspecified atom stereocenters. The van der Waals surface area contributed by atoms with Gasteiger partial charge in [0, 0.05) is 18.7 Å². The van der Waals surface area contributed by atoms with Crippen LogP contribution in [0.5, 0.6) is 5.75 Å². The highest BCUT2D eigenvalue weighted by atomic mass is 32.2. The molecule has 0 aliphatic carbocycles. The third-order valence-electron chi connectivity index (χ3n) is 6.64. The Morgan fingerprint density at radius 1 is 0.951 bits per heavy atom. The SMILES string of the molecule is COc1ccc(C)cc1N(CC(=O)N(Cc1ccccc1F)[C@@H](C)C(=O)NCC(C)C)S(=O)(=O)c1ccc(C)cc1. The summed E-state index contributed by atoms with van der Waals surface area (Å²) in [5.41, 5.74) is 1.99. The topological polar surface area (TPSA) is 96.0 Å². The highest BCUT2D eigenvalue weighted by Crippen LogP contribution is 2.34. The van der Waals surface area contributed by atoms with Crippen LogP contribution in [0, 0.1) is 25.6 Å². The minimum Gasteiger partial charge on any atom is -0.495 e. The Morgan fingerprint density at radius 2 is 1.59 bits per heavy atom. The quantitative estimate of drug-likeness (QED) is 0.329. The Morgan fingerprint density at radius 3 is 2.20 bits per heavy atom. The third-order valence-corrected chi connectivity index (χ3v) is 8.42. The smallest absolute Gasteiger partial charge is 0.264 e. The first kappa shape index (κ1) is 31.6. The molecule has 3 aromatic rings. The van der Waals surface area contributed by atoms with Crippen molar-refractivity contribution in [3.8, 4) is 5.75 Å². The first-order valence-corrected chi connectivity index (χ1v) is 14.8. The Balaban J connectivity index is 2.09. The van der Waals surface area contributed by atoms with Crippen molar-refractivity contribution in [3.05, 3.63) is 89.2 Å². The Labute approximate surface area is 242 Å². The van der Waals surface area contributed by atoms with E-state index in [9.17, 15) is 22.4 Å². The van der Waals surface area contributed by atoms with Crippen LogP contribution in [0.4, 0.5) is 10.1 Å². The van der Waals surface area contributed by atoms with Crippen LogP contribution < -0.4 is 14.4 Å². The zero-order chi connectivity index (χ0) is 30.3. The molecule has 10 heteroatoms. The summed E-state index contributed by atoms with van der Waals surface area (Å²) < 4.78 is 49.2. The number of ether oxygens (including phenoxy) is 1. The van der Waals surface area contributed by atoms with Crippen molar-refractivity contribution in [2.24, 2.45) is 5.92 Å². The number of carbonyl (C=O) groups excluding carboxylic acids is 2. The predicted octanol–water partition coefficient (Wildman–Crippen LogP) is 4.84. The van der Waals surface area contributed by atoms with Gasteiger partial charge >= 0.3 is 0 Å². The van der Waals surface area contributed by atoms with E-state index in [4.69, 9.17) is 4.74 Å². The lowest BCUT2D eigenvalue weighted by atomic mass is 10.1. The minimum atomic E-state index is -4.27. The number of benzene rings is 3. The number of aryl methyl sites for hydroxylation is 2. The van der Waals surface area contributed by atoms with E-state index in [1.54, 1.807) is 50.2 Å². The maximum atomic E-state index is 14.7.